The summed E-state index contributed by atoms with van der Waals surface area (Å²) in [6.07, 6.45) is 4.46. The zero-order valence-electron chi connectivity index (χ0n) is 8.33. The van der Waals surface area contributed by atoms with E-state index in [9.17, 15) is 4.79 Å². The minimum Gasteiger partial charge on any atom is -0.481 e. The van der Waals surface area contributed by atoms with Gasteiger partial charge in [-0.25, -0.2) is 0 Å². The van der Waals surface area contributed by atoms with E-state index in [1.807, 2.05) is 0 Å². The minimum absolute atomic E-state index is 0.178. The maximum absolute atomic E-state index is 10.5. The van der Waals surface area contributed by atoms with Crippen molar-refractivity contribution in [2.45, 2.75) is 32.6 Å². The highest BCUT2D eigenvalue weighted by Crippen LogP contribution is 2.11. The van der Waals surface area contributed by atoms with Crippen molar-refractivity contribution in [3.8, 4) is 0 Å². The van der Waals surface area contributed by atoms with Crippen LogP contribution >= 0.6 is 0 Å². The van der Waals surface area contributed by atoms with Gasteiger partial charge in [-0.1, -0.05) is 6.92 Å². The Bertz CT molecular complexity index is 164. The molecule has 0 amide bonds. The lowest BCUT2D eigenvalue weighted by Crippen LogP contribution is -2.21. The fourth-order valence-corrected chi connectivity index (χ4v) is 1.75. The highest BCUT2D eigenvalue weighted by Gasteiger charge is 2.13. The third-order valence-corrected chi connectivity index (χ3v) is 2.73. The second-order valence-corrected chi connectivity index (χ2v) is 3.93. The van der Waals surface area contributed by atoms with Gasteiger partial charge in [-0.15, -0.1) is 0 Å². The van der Waals surface area contributed by atoms with Gasteiger partial charge in [0.1, 0.15) is 0 Å². The number of rotatable bonds is 5. The Balaban J connectivity index is 2.02. The van der Waals surface area contributed by atoms with E-state index >= 15 is 0 Å². The van der Waals surface area contributed by atoms with Gasteiger partial charge in [0.2, 0.25) is 0 Å². The van der Waals surface area contributed by atoms with E-state index in [0.29, 0.717) is 0 Å². The molecule has 3 nitrogen and oxygen atoms in total. The molecule has 13 heavy (non-hydrogen) atoms. The molecule has 0 aromatic heterocycles. The highest BCUT2D eigenvalue weighted by molar-refractivity contribution is 5.69. The van der Waals surface area contributed by atoms with Gasteiger partial charge in [0.15, 0.2) is 0 Å². The number of carboxylic acid groups (broad SMARTS) is 1. The lowest BCUT2D eigenvalue weighted by Gasteiger charge is -2.14. The largest absolute Gasteiger partial charge is 0.481 e. The lowest BCUT2D eigenvalue weighted by molar-refractivity contribution is -0.141. The van der Waals surface area contributed by atoms with E-state index < -0.39 is 5.97 Å². The molecule has 1 N–H and O–H groups in total. The average Bonchev–Trinajstić information content (AvgIpc) is 2.56. The van der Waals surface area contributed by atoms with Crippen molar-refractivity contribution >= 4 is 5.97 Å². The van der Waals surface area contributed by atoms with Gasteiger partial charge >= 0.3 is 5.97 Å². The third kappa shape index (κ3) is 3.77. The summed E-state index contributed by atoms with van der Waals surface area (Å²) >= 11 is 0. The van der Waals surface area contributed by atoms with Crippen LogP contribution in [0.25, 0.3) is 0 Å². The maximum Gasteiger partial charge on any atom is 0.306 e. The molecule has 0 aliphatic carbocycles. The van der Waals surface area contributed by atoms with Crippen LogP contribution in [-0.4, -0.2) is 35.6 Å². The number of nitrogens with zero attached hydrogens (tertiary/aromatic N) is 1. The van der Waals surface area contributed by atoms with Gasteiger partial charge in [0.05, 0.1) is 5.92 Å². The molecular weight excluding hydrogens is 166 g/mol. The number of likely N-dealkylation sites (tertiary alicyclic amines) is 1. The number of hydrogen-bond acceptors (Lipinski definition) is 2. The van der Waals surface area contributed by atoms with Crippen LogP contribution in [-0.2, 0) is 4.79 Å². The average molecular weight is 185 g/mol. The quantitative estimate of drug-likeness (QED) is 0.707. The Hall–Kier alpha value is -0.570. The first-order valence-corrected chi connectivity index (χ1v) is 5.15. The van der Waals surface area contributed by atoms with Crippen molar-refractivity contribution in [1.29, 1.82) is 0 Å². The van der Waals surface area contributed by atoms with Crippen LogP contribution in [0.15, 0.2) is 0 Å². The third-order valence-electron chi connectivity index (χ3n) is 2.73. The Morgan fingerprint density at radius 1 is 1.46 bits per heavy atom. The highest BCUT2D eigenvalue weighted by atomic mass is 16.4. The molecule has 1 aliphatic rings. The Morgan fingerprint density at radius 2 is 2.08 bits per heavy atom. The molecule has 0 radical (unpaired) electrons. The number of carboxylic acids is 1. The summed E-state index contributed by atoms with van der Waals surface area (Å²) in [5, 5.41) is 8.66. The van der Waals surface area contributed by atoms with E-state index in [2.05, 4.69) is 4.90 Å². The molecule has 1 aliphatic heterocycles. The normalized spacial score (nSPS) is 20.4. The summed E-state index contributed by atoms with van der Waals surface area (Å²) in [7, 11) is 0. The standard InChI is InChI=1S/C10H19NO2/c1-9(10(12)13)5-4-8-11-6-2-3-7-11/h9H,2-8H2,1H3,(H,12,13). The smallest absolute Gasteiger partial charge is 0.306 e. The number of carbonyl (C=O) groups is 1. The summed E-state index contributed by atoms with van der Waals surface area (Å²) in [4.78, 5) is 12.9. The van der Waals surface area contributed by atoms with Gasteiger partial charge < -0.3 is 10.0 Å². The van der Waals surface area contributed by atoms with Crippen LogP contribution in [0.1, 0.15) is 32.6 Å². The fourth-order valence-electron chi connectivity index (χ4n) is 1.75. The molecule has 1 fully saturated rings. The van der Waals surface area contributed by atoms with Crippen LogP contribution < -0.4 is 0 Å². The second kappa shape index (κ2) is 5.22. The van der Waals surface area contributed by atoms with Crippen LogP contribution in [0.4, 0.5) is 0 Å². The molecule has 0 spiro atoms. The molecule has 3 heteroatoms. The van der Waals surface area contributed by atoms with Gasteiger partial charge in [-0.3, -0.25) is 4.79 Å². The van der Waals surface area contributed by atoms with Crippen LogP contribution in [0.5, 0.6) is 0 Å². The second-order valence-electron chi connectivity index (χ2n) is 3.93. The molecule has 1 unspecified atom stereocenters. The molecule has 1 heterocycles. The van der Waals surface area contributed by atoms with Crippen molar-refractivity contribution in [3.05, 3.63) is 0 Å². The first-order chi connectivity index (χ1) is 6.20. The Kier molecular flexibility index (Phi) is 4.22. The van der Waals surface area contributed by atoms with Crippen LogP contribution in [0, 0.1) is 5.92 Å². The van der Waals surface area contributed by atoms with Gasteiger partial charge in [-0.2, -0.15) is 0 Å². The molecule has 0 aromatic rings. The molecule has 76 valence electrons. The number of aliphatic carboxylic acids is 1. The number of hydrogen-bond donors (Lipinski definition) is 1. The summed E-state index contributed by atoms with van der Waals surface area (Å²) in [6, 6.07) is 0. The molecule has 0 saturated carbocycles. The van der Waals surface area contributed by atoms with Crippen molar-refractivity contribution < 1.29 is 9.90 Å². The summed E-state index contributed by atoms with van der Waals surface area (Å²) in [5.41, 5.74) is 0. The van der Waals surface area contributed by atoms with Crippen LogP contribution in [0.3, 0.4) is 0 Å². The van der Waals surface area contributed by atoms with E-state index in [0.717, 1.165) is 19.4 Å². The van der Waals surface area contributed by atoms with E-state index in [-0.39, 0.29) is 5.92 Å². The molecule has 1 saturated heterocycles. The maximum atomic E-state index is 10.5. The van der Waals surface area contributed by atoms with Crippen molar-refractivity contribution in [1.82, 2.24) is 4.90 Å². The SMILES string of the molecule is CC(CCCN1CCCC1)C(=O)O. The molecule has 1 rings (SSSR count). The van der Waals surface area contributed by atoms with E-state index in [1.54, 1.807) is 6.92 Å². The Labute approximate surface area is 79.7 Å². The zero-order chi connectivity index (χ0) is 9.68. The Morgan fingerprint density at radius 3 is 2.62 bits per heavy atom. The summed E-state index contributed by atoms with van der Waals surface area (Å²) in [5.74, 6) is -0.843. The van der Waals surface area contributed by atoms with Crippen molar-refractivity contribution in [3.63, 3.8) is 0 Å². The topological polar surface area (TPSA) is 40.5 Å². The van der Waals surface area contributed by atoms with Gasteiger partial charge in [0, 0.05) is 0 Å². The fraction of sp³-hybridized carbons (Fsp3) is 0.900. The monoisotopic (exact) mass is 185 g/mol. The van der Waals surface area contributed by atoms with Crippen molar-refractivity contribution in [2.24, 2.45) is 5.92 Å². The van der Waals surface area contributed by atoms with Crippen molar-refractivity contribution in [2.75, 3.05) is 19.6 Å². The predicted octanol–water partition coefficient (Wildman–Crippen LogP) is 1.58. The van der Waals surface area contributed by atoms with Crippen LogP contribution in [0.2, 0.25) is 0 Å². The first kappa shape index (κ1) is 10.5. The zero-order valence-corrected chi connectivity index (χ0v) is 8.33. The van der Waals surface area contributed by atoms with Gasteiger partial charge in [0.25, 0.3) is 0 Å². The molecule has 1 atom stereocenters. The summed E-state index contributed by atoms with van der Waals surface area (Å²) in [6.45, 7) is 5.28. The van der Waals surface area contributed by atoms with E-state index in [1.165, 1.54) is 25.9 Å². The molecule has 0 bridgehead atoms. The van der Waals surface area contributed by atoms with Gasteiger partial charge in [-0.05, 0) is 45.3 Å². The summed E-state index contributed by atoms with van der Waals surface area (Å²) < 4.78 is 0. The lowest BCUT2D eigenvalue weighted by atomic mass is 10.1. The minimum atomic E-state index is -0.665. The predicted molar refractivity (Wildman–Crippen MR) is 51.7 cm³/mol. The first-order valence-electron chi connectivity index (χ1n) is 5.15. The molecule has 0 aromatic carbocycles. The van der Waals surface area contributed by atoms with E-state index in [4.69, 9.17) is 5.11 Å². The molecular formula is C10H19NO2.